The van der Waals surface area contributed by atoms with Gasteiger partial charge < -0.3 is 9.05 Å². The van der Waals surface area contributed by atoms with E-state index in [0.717, 1.165) is 0 Å². The Hall–Kier alpha value is 0.570. The van der Waals surface area contributed by atoms with Gasteiger partial charge in [-0.05, 0) is 39.5 Å². The highest BCUT2D eigenvalue weighted by atomic mass is 32.4. The minimum atomic E-state index is -1.41. The van der Waals surface area contributed by atoms with Crippen molar-refractivity contribution in [1.29, 1.82) is 0 Å². The lowest BCUT2D eigenvalue weighted by Crippen LogP contribution is -2.00. The molecule has 0 aliphatic rings. The molecule has 0 aromatic heterocycles. The summed E-state index contributed by atoms with van der Waals surface area (Å²) in [5, 5.41) is 0. The largest absolute Gasteiger partial charge is 0.329 e. The molecule has 0 unspecified atom stereocenters. The van der Waals surface area contributed by atoms with E-state index in [1.807, 2.05) is 27.7 Å². The third-order valence-corrected chi connectivity index (χ3v) is 2.57. The minimum Gasteiger partial charge on any atom is -0.329 e. The second-order valence-electron chi connectivity index (χ2n) is 2.58. The second-order valence-corrected chi connectivity index (χ2v) is 4.55. The van der Waals surface area contributed by atoms with Crippen LogP contribution >= 0.6 is 7.15 Å². The molecular formula is C6H15O2PS. The van der Waals surface area contributed by atoms with Crippen LogP contribution < -0.4 is 0 Å². The monoisotopic (exact) mass is 182 g/mol. The summed E-state index contributed by atoms with van der Waals surface area (Å²) in [5.74, 6) is 0. The molecule has 0 saturated heterocycles. The van der Waals surface area contributed by atoms with Gasteiger partial charge in [0.25, 0.3) is 0 Å². The first-order valence-electron chi connectivity index (χ1n) is 3.39. The van der Waals surface area contributed by atoms with Crippen molar-refractivity contribution in [2.24, 2.45) is 0 Å². The zero-order valence-corrected chi connectivity index (χ0v) is 8.70. The van der Waals surface area contributed by atoms with E-state index in [-0.39, 0.29) is 12.2 Å². The Bertz CT molecular complexity index is 102. The molecule has 0 radical (unpaired) electrons. The summed E-state index contributed by atoms with van der Waals surface area (Å²) >= 11 is 4.95. The van der Waals surface area contributed by atoms with Crippen molar-refractivity contribution in [2.45, 2.75) is 39.9 Å². The van der Waals surface area contributed by atoms with E-state index in [1.54, 1.807) is 0 Å². The van der Waals surface area contributed by atoms with Gasteiger partial charge in [-0.2, -0.15) is 0 Å². The summed E-state index contributed by atoms with van der Waals surface area (Å²) in [4.78, 5) is 0. The minimum absolute atomic E-state index is 0.185. The van der Waals surface area contributed by atoms with E-state index in [1.165, 1.54) is 0 Å². The maximum absolute atomic E-state index is 5.26. The summed E-state index contributed by atoms with van der Waals surface area (Å²) < 4.78 is 10.5. The fourth-order valence-electron chi connectivity index (χ4n) is 0.413. The topological polar surface area (TPSA) is 18.5 Å². The van der Waals surface area contributed by atoms with Crippen LogP contribution in [0.25, 0.3) is 0 Å². The van der Waals surface area contributed by atoms with Gasteiger partial charge >= 0.3 is 0 Å². The van der Waals surface area contributed by atoms with Crippen LogP contribution in [0.15, 0.2) is 0 Å². The van der Waals surface area contributed by atoms with Crippen molar-refractivity contribution in [3.05, 3.63) is 0 Å². The molecule has 0 aromatic carbocycles. The second kappa shape index (κ2) is 5.25. The molecule has 0 aliphatic heterocycles. The SMILES string of the molecule is CC(C)O[PH](=S)OC(C)C. The Morgan fingerprint density at radius 2 is 1.30 bits per heavy atom. The average molecular weight is 182 g/mol. The summed E-state index contributed by atoms with van der Waals surface area (Å²) in [5.41, 5.74) is 0. The smallest absolute Gasteiger partial charge is 0.176 e. The third kappa shape index (κ3) is 6.69. The number of rotatable bonds is 4. The zero-order chi connectivity index (χ0) is 8.15. The predicted octanol–water partition coefficient (Wildman–Crippen LogP) is 2.34. The van der Waals surface area contributed by atoms with Crippen LogP contribution in [-0.2, 0) is 20.9 Å². The molecule has 0 aliphatic carbocycles. The van der Waals surface area contributed by atoms with Gasteiger partial charge in [-0.3, -0.25) is 0 Å². The predicted molar refractivity (Wildman–Crippen MR) is 48.1 cm³/mol. The van der Waals surface area contributed by atoms with Crippen LogP contribution in [0.5, 0.6) is 0 Å². The summed E-state index contributed by atoms with van der Waals surface area (Å²) in [6.07, 6.45) is 0.371. The normalized spacial score (nSPS) is 11.9. The molecule has 0 rings (SSSR count). The first-order valence-corrected chi connectivity index (χ1v) is 5.84. The van der Waals surface area contributed by atoms with Crippen LogP contribution in [0.2, 0.25) is 0 Å². The molecule has 0 heterocycles. The average Bonchev–Trinajstić information content (AvgIpc) is 1.58. The molecular weight excluding hydrogens is 167 g/mol. The Morgan fingerprint density at radius 3 is 1.50 bits per heavy atom. The summed E-state index contributed by atoms with van der Waals surface area (Å²) in [6, 6.07) is 0. The molecule has 0 fully saturated rings. The van der Waals surface area contributed by atoms with Gasteiger partial charge in [-0.25, -0.2) is 0 Å². The Morgan fingerprint density at radius 1 is 1.00 bits per heavy atom. The molecule has 4 heteroatoms. The molecule has 10 heavy (non-hydrogen) atoms. The van der Waals surface area contributed by atoms with Crippen LogP contribution in [0.3, 0.4) is 0 Å². The van der Waals surface area contributed by atoms with Crippen LogP contribution in [0.4, 0.5) is 0 Å². The van der Waals surface area contributed by atoms with Gasteiger partial charge in [-0.1, -0.05) is 0 Å². The highest BCUT2D eigenvalue weighted by molar-refractivity contribution is 8.00. The van der Waals surface area contributed by atoms with Crippen molar-refractivity contribution in [1.82, 2.24) is 0 Å². The van der Waals surface area contributed by atoms with E-state index in [0.29, 0.717) is 0 Å². The molecule has 0 bridgehead atoms. The highest BCUT2D eigenvalue weighted by Gasteiger charge is 2.00. The molecule has 0 saturated carbocycles. The summed E-state index contributed by atoms with van der Waals surface area (Å²) in [7, 11) is -1.41. The Kier molecular flexibility index (Phi) is 5.55. The van der Waals surface area contributed by atoms with Gasteiger partial charge in [-0.15, -0.1) is 0 Å². The fourth-order valence-corrected chi connectivity index (χ4v) is 2.39. The maximum Gasteiger partial charge on any atom is 0.176 e. The van der Waals surface area contributed by atoms with Gasteiger partial charge in [0.05, 0.1) is 12.2 Å². The van der Waals surface area contributed by atoms with Gasteiger partial charge in [0, 0.05) is 0 Å². The van der Waals surface area contributed by atoms with E-state index in [4.69, 9.17) is 20.9 Å². The molecule has 0 spiro atoms. The van der Waals surface area contributed by atoms with Crippen LogP contribution in [0, 0.1) is 0 Å². The van der Waals surface area contributed by atoms with Crippen molar-refractivity contribution < 1.29 is 9.05 Å². The Balaban J connectivity index is 3.44. The first kappa shape index (κ1) is 10.6. The van der Waals surface area contributed by atoms with Crippen molar-refractivity contribution >= 4 is 19.0 Å². The van der Waals surface area contributed by atoms with Gasteiger partial charge in [0.2, 0.25) is 0 Å². The van der Waals surface area contributed by atoms with E-state index >= 15 is 0 Å². The maximum atomic E-state index is 5.26. The van der Waals surface area contributed by atoms with Crippen molar-refractivity contribution in [3.8, 4) is 0 Å². The highest BCUT2D eigenvalue weighted by Crippen LogP contribution is 2.27. The molecule has 0 amide bonds. The fraction of sp³-hybridized carbons (Fsp3) is 1.00. The number of hydrogen-bond donors (Lipinski definition) is 0. The van der Waals surface area contributed by atoms with E-state index in [2.05, 4.69) is 0 Å². The number of hydrogen-bond acceptors (Lipinski definition) is 3. The van der Waals surface area contributed by atoms with Crippen LogP contribution in [0.1, 0.15) is 27.7 Å². The lowest BCUT2D eigenvalue weighted by molar-refractivity contribution is 0.190. The van der Waals surface area contributed by atoms with E-state index in [9.17, 15) is 0 Å². The molecule has 0 aromatic rings. The van der Waals surface area contributed by atoms with E-state index < -0.39 is 7.15 Å². The van der Waals surface area contributed by atoms with Crippen LogP contribution in [-0.4, -0.2) is 12.2 Å². The standard InChI is InChI=1S/C6H15O2PS/c1-5(2)7-9(10)8-6(3)4/h5-6,9H,1-4H3. The lowest BCUT2D eigenvalue weighted by atomic mass is 10.5. The van der Waals surface area contributed by atoms with Gasteiger partial charge in [0.15, 0.2) is 7.15 Å². The zero-order valence-electron chi connectivity index (χ0n) is 6.88. The summed E-state index contributed by atoms with van der Waals surface area (Å²) in [6.45, 7) is 7.84. The quantitative estimate of drug-likeness (QED) is 0.622. The first-order chi connectivity index (χ1) is 4.52. The molecule has 62 valence electrons. The molecule has 0 N–H and O–H groups in total. The third-order valence-electron chi connectivity index (χ3n) is 0.664. The molecule has 2 nitrogen and oxygen atoms in total. The molecule has 0 atom stereocenters. The Labute approximate surface area is 68.5 Å². The van der Waals surface area contributed by atoms with Crippen molar-refractivity contribution in [3.63, 3.8) is 0 Å². The van der Waals surface area contributed by atoms with Crippen molar-refractivity contribution in [2.75, 3.05) is 0 Å². The van der Waals surface area contributed by atoms with Gasteiger partial charge in [0.1, 0.15) is 0 Å². The lowest BCUT2D eigenvalue weighted by Gasteiger charge is -2.12.